The molecule has 1 aromatic carbocycles. The van der Waals surface area contributed by atoms with Crippen molar-refractivity contribution in [3.8, 4) is 5.75 Å². The largest absolute Gasteiger partial charge is 0.427 e. The zero-order valence-electron chi connectivity index (χ0n) is 9.34. The first-order valence-corrected chi connectivity index (χ1v) is 5.38. The molecule has 0 aliphatic heterocycles. The number of carbonyl (C=O) groups is 1. The van der Waals surface area contributed by atoms with Crippen molar-refractivity contribution in [2.24, 2.45) is 0 Å². The monoisotopic (exact) mass is 283 g/mol. The molecule has 2 aromatic rings. The smallest absolute Gasteiger partial charge is 0.408 e. The maximum atomic E-state index is 13.2. The fourth-order valence-electron chi connectivity index (χ4n) is 1.25. The predicted molar refractivity (Wildman–Crippen MR) is 65.7 cm³/mol. The second-order valence-corrected chi connectivity index (χ2v) is 3.83. The minimum absolute atomic E-state index is 0.0401. The van der Waals surface area contributed by atoms with Gasteiger partial charge in [0.2, 0.25) is 0 Å². The number of benzene rings is 1. The van der Waals surface area contributed by atoms with Gasteiger partial charge in [-0.25, -0.2) is 14.0 Å². The molecule has 0 fully saturated rings. The predicted octanol–water partition coefficient (Wildman–Crippen LogP) is 1.67. The highest BCUT2D eigenvalue weighted by Crippen LogP contribution is 2.23. The van der Waals surface area contributed by atoms with Crippen molar-refractivity contribution in [3.05, 3.63) is 51.8 Å². The van der Waals surface area contributed by atoms with Crippen LogP contribution < -0.4 is 16.2 Å². The first-order chi connectivity index (χ1) is 8.99. The van der Waals surface area contributed by atoms with Gasteiger partial charge in [-0.2, -0.15) is 9.55 Å². The van der Waals surface area contributed by atoms with E-state index >= 15 is 0 Å². The van der Waals surface area contributed by atoms with Gasteiger partial charge in [0.25, 0.3) is 0 Å². The molecule has 19 heavy (non-hydrogen) atoms. The topological polar surface area (TPSA) is 87.2 Å². The maximum Gasteiger partial charge on any atom is 0.427 e. The summed E-state index contributed by atoms with van der Waals surface area (Å²) in [7, 11) is 0. The van der Waals surface area contributed by atoms with Crippen LogP contribution >= 0.6 is 11.6 Å². The first-order valence-electron chi connectivity index (χ1n) is 5.00. The molecular weight excluding hydrogens is 277 g/mol. The van der Waals surface area contributed by atoms with Crippen molar-refractivity contribution < 1.29 is 13.9 Å². The lowest BCUT2D eigenvalue weighted by Crippen LogP contribution is -2.32. The van der Waals surface area contributed by atoms with Crippen LogP contribution in [0.5, 0.6) is 5.75 Å². The van der Waals surface area contributed by atoms with E-state index in [-0.39, 0.29) is 10.8 Å². The number of hydrogen-bond donors (Lipinski definition) is 1. The molecule has 0 amide bonds. The van der Waals surface area contributed by atoms with Crippen molar-refractivity contribution in [3.63, 3.8) is 0 Å². The highest BCUT2D eigenvalue weighted by molar-refractivity contribution is 6.32. The Labute approximate surface area is 111 Å². The van der Waals surface area contributed by atoms with E-state index in [1.807, 2.05) is 0 Å². The van der Waals surface area contributed by atoms with Crippen LogP contribution in [0.25, 0.3) is 0 Å². The number of aromatic nitrogens is 2. The van der Waals surface area contributed by atoms with Gasteiger partial charge >= 0.3 is 11.8 Å². The number of nitrogens with two attached hydrogens (primary N) is 1. The molecule has 0 bridgehead atoms. The summed E-state index contributed by atoms with van der Waals surface area (Å²) < 4.78 is 18.4. The molecule has 0 atom stereocenters. The third-order valence-electron chi connectivity index (χ3n) is 2.14. The second-order valence-electron chi connectivity index (χ2n) is 3.43. The van der Waals surface area contributed by atoms with E-state index in [0.717, 1.165) is 0 Å². The van der Waals surface area contributed by atoms with Crippen LogP contribution in [-0.4, -0.2) is 15.6 Å². The summed E-state index contributed by atoms with van der Waals surface area (Å²) in [5.74, 6) is -1.55. The van der Waals surface area contributed by atoms with Gasteiger partial charge < -0.3 is 10.5 Å². The molecule has 0 saturated carbocycles. The lowest BCUT2D eigenvalue weighted by molar-refractivity contribution is 0.200. The molecule has 1 aromatic heterocycles. The van der Waals surface area contributed by atoms with Crippen LogP contribution in [0.3, 0.4) is 0 Å². The highest BCUT2D eigenvalue weighted by atomic mass is 35.5. The highest BCUT2D eigenvalue weighted by Gasteiger charge is 2.15. The first kappa shape index (κ1) is 13.0. The molecule has 8 heteroatoms. The number of rotatable bonds is 1. The molecule has 0 spiro atoms. The third kappa shape index (κ3) is 2.71. The van der Waals surface area contributed by atoms with Crippen LogP contribution in [0.15, 0.2) is 35.3 Å². The normalized spacial score (nSPS) is 10.2. The van der Waals surface area contributed by atoms with Crippen LogP contribution in [0.2, 0.25) is 5.02 Å². The van der Waals surface area contributed by atoms with Gasteiger partial charge in [0.05, 0.1) is 11.2 Å². The van der Waals surface area contributed by atoms with Gasteiger partial charge in [0, 0.05) is 0 Å². The Morgan fingerprint density at radius 1 is 1.42 bits per heavy atom. The number of para-hydroxylation sites is 1. The van der Waals surface area contributed by atoms with Gasteiger partial charge in [0.1, 0.15) is 0 Å². The summed E-state index contributed by atoms with van der Waals surface area (Å²) in [5.41, 5.74) is 4.05. The van der Waals surface area contributed by atoms with E-state index < -0.39 is 23.4 Å². The van der Waals surface area contributed by atoms with Gasteiger partial charge in [-0.05, 0) is 12.1 Å². The molecule has 0 saturated heterocycles. The summed E-state index contributed by atoms with van der Waals surface area (Å²) in [6.45, 7) is 0. The fraction of sp³-hybridized carbons (Fsp3) is 0. The molecular formula is C11H7ClFN3O3. The van der Waals surface area contributed by atoms with Gasteiger partial charge in [-0.3, -0.25) is 0 Å². The van der Waals surface area contributed by atoms with Crippen LogP contribution in [0.1, 0.15) is 0 Å². The molecule has 2 rings (SSSR count). The molecule has 0 aliphatic carbocycles. The Hall–Kier alpha value is -2.41. The average Bonchev–Trinajstić information content (AvgIpc) is 2.36. The number of halogens is 2. The maximum absolute atomic E-state index is 13.2. The SMILES string of the molecule is Nc1nc(=O)n(C(=O)Oc2ccccc2Cl)cc1F. The standard InChI is InChI=1S/C11H7ClFN3O3/c12-6-3-1-2-4-8(6)19-11(18)16-5-7(13)9(14)15-10(16)17/h1-5H,(H2,14,15,17). The van der Waals surface area contributed by atoms with Crippen LogP contribution in [0.4, 0.5) is 15.0 Å². The van der Waals surface area contributed by atoms with E-state index in [9.17, 15) is 14.0 Å². The van der Waals surface area contributed by atoms with E-state index in [4.69, 9.17) is 22.1 Å². The van der Waals surface area contributed by atoms with E-state index in [0.29, 0.717) is 10.8 Å². The summed E-state index contributed by atoms with van der Waals surface area (Å²) in [4.78, 5) is 26.2. The summed E-state index contributed by atoms with van der Waals surface area (Å²) in [6, 6.07) is 6.14. The third-order valence-corrected chi connectivity index (χ3v) is 2.45. The Kier molecular flexibility index (Phi) is 3.48. The fourth-order valence-corrected chi connectivity index (χ4v) is 1.42. The number of anilines is 1. The second kappa shape index (κ2) is 5.07. The zero-order valence-corrected chi connectivity index (χ0v) is 10.1. The minimum Gasteiger partial charge on any atom is -0.408 e. The van der Waals surface area contributed by atoms with Crippen molar-refractivity contribution in [2.45, 2.75) is 0 Å². The molecule has 0 unspecified atom stereocenters. The molecule has 1 heterocycles. The number of nitrogen functional groups attached to an aromatic ring is 1. The van der Waals surface area contributed by atoms with Crippen molar-refractivity contribution in [1.82, 2.24) is 9.55 Å². The summed E-state index contributed by atoms with van der Waals surface area (Å²) in [5, 5.41) is 0.174. The van der Waals surface area contributed by atoms with Crippen molar-refractivity contribution in [2.75, 3.05) is 5.73 Å². The van der Waals surface area contributed by atoms with E-state index in [1.54, 1.807) is 12.1 Å². The quantitative estimate of drug-likeness (QED) is 0.860. The van der Waals surface area contributed by atoms with Crippen LogP contribution in [-0.2, 0) is 0 Å². The zero-order chi connectivity index (χ0) is 14.0. The number of ether oxygens (including phenoxy) is 1. The number of carbonyl (C=O) groups excluding carboxylic acids is 1. The molecule has 6 nitrogen and oxygen atoms in total. The molecule has 0 radical (unpaired) electrons. The van der Waals surface area contributed by atoms with Crippen LogP contribution in [0, 0.1) is 5.82 Å². The molecule has 2 N–H and O–H groups in total. The Morgan fingerprint density at radius 2 is 2.11 bits per heavy atom. The van der Waals surface area contributed by atoms with Gasteiger partial charge in [0.15, 0.2) is 17.4 Å². The minimum atomic E-state index is -1.13. The van der Waals surface area contributed by atoms with Crippen molar-refractivity contribution in [1.29, 1.82) is 0 Å². The number of hydrogen-bond acceptors (Lipinski definition) is 5. The Morgan fingerprint density at radius 3 is 2.79 bits per heavy atom. The lowest BCUT2D eigenvalue weighted by atomic mass is 10.3. The Bertz CT molecular complexity index is 702. The number of nitrogens with zero attached hydrogens (tertiary/aromatic N) is 2. The average molecular weight is 284 g/mol. The van der Waals surface area contributed by atoms with Gasteiger partial charge in [-0.15, -0.1) is 0 Å². The summed E-state index contributed by atoms with van der Waals surface area (Å²) >= 11 is 5.78. The van der Waals surface area contributed by atoms with E-state index in [1.165, 1.54) is 12.1 Å². The molecule has 98 valence electrons. The summed E-state index contributed by atoms with van der Waals surface area (Å²) in [6.07, 6.45) is -0.534. The molecule has 0 aliphatic rings. The lowest BCUT2D eigenvalue weighted by Gasteiger charge is -2.07. The Balaban J connectivity index is 2.34. The van der Waals surface area contributed by atoms with Gasteiger partial charge in [-0.1, -0.05) is 23.7 Å². The van der Waals surface area contributed by atoms with Crippen molar-refractivity contribution >= 4 is 23.5 Å². The van der Waals surface area contributed by atoms with E-state index in [2.05, 4.69) is 4.98 Å².